The minimum absolute atomic E-state index is 0.0340. The van der Waals surface area contributed by atoms with Gasteiger partial charge >= 0.3 is 0 Å². The summed E-state index contributed by atoms with van der Waals surface area (Å²) in [7, 11) is 2.06. The zero-order chi connectivity index (χ0) is 16.8. The lowest BCUT2D eigenvalue weighted by Gasteiger charge is -2.14. The number of anilines is 1. The van der Waals surface area contributed by atoms with Crippen molar-refractivity contribution in [1.29, 1.82) is 0 Å². The van der Waals surface area contributed by atoms with Gasteiger partial charge in [0.2, 0.25) is 0 Å². The number of aromatic nitrogens is 2. The zero-order valence-electron chi connectivity index (χ0n) is 13.6. The van der Waals surface area contributed by atoms with Crippen LogP contribution in [0.1, 0.15) is 12.6 Å². The number of nitro benzene ring substituents is 1. The third-order valence-corrected chi connectivity index (χ3v) is 3.51. The van der Waals surface area contributed by atoms with Gasteiger partial charge in [0.1, 0.15) is 5.82 Å². The summed E-state index contributed by atoms with van der Waals surface area (Å²) in [6, 6.07) is 8.23. The highest BCUT2D eigenvalue weighted by Crippen LogP contribution is 2.22. The van der Waals surface area contributed by atoms with E-state index in [9.17, 15) is 10.1 Å². The molecule has 1 aromatic heterocycles. The summed E-state index contributed by atoms with van der Waals surface area (Å²) >= 11 is 0. The molecule has 0 saturated heterocycles. The van der Waals surface area contributed by atoms with Crippen molar-refractivity contribution < 1.29 is 4.92 Å². The van der Waals surface area contributed by atoms with Gasteiger partial charge in [-0.15, -0.1) is 0 Å². The van der Waals surface area contributed by atoms with Crippen molar-refractivity contribution in [1.82, 2.24) is 14.9 Å². The second kappa shape index (κ2) is 7.64. The smallest absolute Gasteiger partial charge is 0.270 e. The van der Waals surface area contributed by atoms with Crippen molar-refractivity contribution in [2.75, 3.05) is 32.0 Å². The molecule has 0 bridgehead atoms. The van der Waals surface area contributed by atoms with E-state index < -0.39 is 4.92 Å². The van der Waals surface area contributed by atoms with Crippen LogP contribution in [-0.4, -0.2) is 46.5 Å². The number of nitrogens with one attached hydrogen (secondary N) is 1. The maximum atomic E-state index is 10.9. The molecule has 0 spiro atoms. The van der Waals surface area contributed by atoms with Crippen LogP contribution in [0.4, 0.5) is 11.5 Å². The van der Waals surface area contributed by atoms with Crippen molar-refractivity contribution in [3.05, 3.63) is 46.1 Å². The van der Waals surface area contributed by atoms with Gasteiger partial charge in [-0.1, -0.05) is 19.1 Å². The predicted molar refractivity (Wildman–Crippen MR) is 90.5 cm³/mol. The van der Waals surface area contributed by atoms with Gasteiger partial charge in [0.15, 0.2) is 5.82 Å². The molecule has 1 N–H and O–H groups in total. The Hall–Kier alpha value is -2.54. The largest absolute Gasteiger partial charge is 0.369 e. The van der Waals surface area contributed by atoms with Gasteiger partial charge in [-0.25, -0.2) is 9.97 Å². The van der Waals surface area contributed by atoms with Crippen LogP contribution in [0.15, 0.2) is 30.3 Å². The molecule has 0 aliphatic carbocycles. The predicted octanol–water partition coefficient (Wildman–Crippen LogP) is 2.72. The standard InChI is InChI=1S/C16H21N5O2/c1-4-20(3)9-8-17-15-10-12(2)18-16(19-15)13-6-5-7-14(11-13)21(22)23/h5-7,10-11H,4,8-9H2,1-3H3,(H,17,18,19). The van der Waals surface area contributed by atoms with E-state index in [0.717, 1.165) is 31.1 Å². The van der Waals surface area contributed by atoms with Crippen molar-refractivity contribution >= 4 is 11.5 Å². The van der Waals surface area contributed by atoms with Gasteiger partial charge < -0.3 is 10.2 Å². The van der Waals surface area contributed by atoms with Crippen molar-refractivity contribution in [3.63, 3.8) is 0 Å². The molecule has 0 aliphatic rings. The SMILES string of the molecule is CCN(C)CCNc1cc(C)nc(-c2cccc([N+](=O)[O-])c2)n1. The van der Waals surface area contributed by atoms with Gasteiger partial charge in [0.25, 0.3) is 5.69 Å². The summed E-state index contributed by atoms with van der Waals surface area (Å²) in [5.41, 5.74) is 1.48. The number of likely N-dealkylation sites (N-methyl/N-ethyl adjacent to an activating group) is 1. The third-order valence-electron chi connectivity index (χ3n) is 3.51. The van der Waals surface area contributed by atoms with Crippen LogP contribution in [0.2, 0.25) is 0 Å². The van der Waals surface area contributed by atoms with E-state index in [-0.39, 0.29) is 5.69 Å². The third kappa shape index (κ3) is 4.72. The van der Waals surface area contributed by atoms with Crippen molar-refractivity contribution in [3.8, 4) is 11.4 Å². The second-order valence-corrected chi connectivity index (χ2v) is 5.35. The highest BCUT2D eigenvalue weighted by atomic mass is 16.6. The Morgan fingerprint density at radius 1 is 1.30 bits per heavy atom. The summed E-state index contributed by atoms with van der Waals surface area (Å²) in [5.74, 6) is 1.21. The maximum absolute atomic E-state index is 10.9. The summed E-state index contributed by atoms with van der Waals surface area (Å²) in [5, 5.41) is 14.2. The van der Waals surface area contributed by atoms with Gasteiger partial charge in [0, 0.05) is 42.5 Å². The van der Waals surface area contributed by atoms with E-state index in [0.29, 0.717) is 11.4 Å². The molecule has 0 amide bonds. The van der Waals surface area contributed by atoms with Crippen LogP contribution in [0.3, 0.4) is 0 Å². The Kier molecular flexibility index (Phi) is 5.59. The average molecular weight is 315 g/mol. The Balaban J connectivity index is 2.20. The lowest BCUT2D eigenvalue weighted by atomic mass is 10.2. The number of non-ortho nitro benzene ring substituents is 1. The van der Waals surface area contributed by atoms with Crippen LogP contribution in [0, 0.1) is 17.0 Å². The van der Waals surface area contributed by atoms with E-state index in [1.807, 2.05) is 13.0 Å². The number of benzene rings is 1. The van der Waals surface area contributed by atoms with Crippen LogP contribution < -0.4 is 5.32 Å². The summed E-state index contributed by atoms with van der Waals surface area (Å²) < 4.78 is 0. The van der Waals surface area contributed by atoms with E-state index in [2.05, 4.69) is 34.2 Å². The molecular weight excluding hydrogens is 294 g/mol. The number of hydrogen-bond acceptors (Lipinski definition) is 6. The van der Waals surface area contributed by atoms with E-state index >= 15 is 0 Å². The highest BCUT2D eigenvalue weighted by molar-refractivity contribution is 5.61. The molecule has 7 nitrogen and oxygen atoms in total. The first-order valence-electron chi connectivity index (χ1n) is 7.52. The maximum Gasteiger partial charge on any atom is 0.270 e. The van der Waals surface area contributed by atoms with Gasteiger partial charge in [-0.2, -0.15) is 0 Å². The van der Waals surface area contributed by atoms with Gasteiger partial charge in [-0.05, 0) is 20.5 Å². The first kappa shape index (κ1) is 16.8. The fourth-order valence-corrected chi connectivity index (χ4v) is 2.08. The Morgan fingerprint density at radius 2 is 2.09 bits per heavy atom. The van der Waals surface area contributed by atoms with Gasteiger partial charge in [0.05, 0.1) is 4.92 Å². The summed E-state index contributed by atoms with van der Waals surface area (Å²) in [4.78, 5) is 21.5. The van der Waals surface area contributed by atoms with Crippen LogP contribution >= 0.6 is 0 Å². The fraction of sp³-hybridized carbons (Fsp3) is 0.375. The molecule has 1 aromatic carbocycles. The monoisotopic (exact) mass is 315 g/mol. The number of nitrogens with zero attached hydrogens (tertiary/aromatic N) is 4. The molecule has 0 fully saturated rings. The molecular formula is C16H21N5O2. The Bertz CT molecular complexity index is 690. The lowest BCUT2D eigenvalue weighted by Crippen LogP contribution is -2.25. The first-order chi connectivity index (χ1) is 11.0. The molecule has 1 heterocycles. The van der Waals surface area contributed by atoms with Crippen LogP contribution in [0.25, 0.3) is 11.4 Å². The minimum atomic E-state index is -0.418. The molecule has 2 rings (SSSR count). The summed E-state index contributed by atoms with van der Waals surface area (Å²) in [6.45, 7) is 6.66. The molecule has 2 aromatic rings. The number of hydrogen-bond donors (Lipinski definition) is 1. The molecule has 0 aliphatic heterocycles. The Labute approximate surface area is 135 Å². The van der Waals surface area contributed by atoms with Crippen LogP contribution in [0.5, 0.6) is 0 Å². The lowest BCUT2D eigenvalue weighted by molar-refractivity contribution is -0.384. The van der Waals surface area contributed by atoms with Crippen molar-refractivity contribution in [2.45, 2.75) is 13.8 Å². The fourth-order valence-electron chi connectivity index (χ4n) is 2.08. The molecule has 0 unspecified atom stereocenters. The van der Waals surface area contributed by atoms with E-state index in [1.54, 1.807) is 12.1 Å². The topological polar surface area (TPSA) is 84.2 Å². The van der Waals surface area contributed by atoms with E-state index in [1.165, 1.54) is 12.1 Å². The molecule has 7 heteroatoms. The number of rotatable bonds is 7. The average Bonchev–Trinajstić information content (AvgIpc) is 2.54. The Morgan fingerprint density at radius 3 is 2.78 bits per heavy atom. The van der Waals surface area contributed by atoms with Crippen molar-refractivity contribution in [2.24, 2.45) is 0 Å². The normalized spacial score (nSPS) is 10.8. The first-order valence-corrected chi connectivity index (χ1v) is 7.52. The van der Waals surface area contributed by atoms with E-state index in [4.69, 9.17) is 0 Å². The molecule has 23 heavy (non-hydrogen) atoms. The number of aryl methyl sites for hydroxylation is 1. The second-order valence-electron chi connectivity index (χ2n) is 5.35. The number of nitro groups is 1. The van der Waals surface area contributed by atoms with Crippen LogP contribution in [-0.2, 0) is 0 Å². The zero-order valence-corrected chi connectivity index (χ0v) is 13.6. The molecule has 122 valence electrons. The molecule has 0 saturated carbocycles. The minimum Gasteiger partial charge on any atom is -0.369 e. The summed E-state index contributed by atoms with van der Waals surface area (Å²) in [6.07, 6.45) is 0. The quantitative estimate of drug-likeness (QED) is 0.624. The van der Waals surface area contributed by atoms with Gasteiger partial charge in [-0.3, -0.25) is 10.1 Å². The highest BCUT2D eigenvalue weighted by Gasteiger charge is 2.10. The molecule has 0 atom stereocenters. The molecule has 0 radical (unpaired) electrons.